The van der Waals surface area contributed by atoms with Crippen molar-refractivity contribution in [1.29, 1.82) is 0 Å². The molecule has 0 amide bonds. The largest absolute Gasteiger partial charge is 0.314 e. The van der Waals surface area contributed by atoms with Crippen LogP contribution in [0.15, 0.2) is 77.7 Å². The molecule has 3 aromatic rings. The van der Waals surface area contributed by atoms with E-state index in [1.807, 2.05) is 24.9 Å². The van der Waals surface area contributed by atoms with Crippen LogP contribution in [0.3, 0.4) is 0 Å². The summed E-state index contributed by atoms with van der Waals surface area (Å²) >= 11 is 1.84. The highest BCUT2D eigenvalue weighted by atomic mass is 32.2. The first-order valence-corrected chi connectivity index (χ1v) is 8.99. The van der Waals surface area contributed by atoms with E-state index in [2.05, 4.69) is 73.7 Å². The molecule has 0 saturated carbocycles. The summed E-state index contributed by atoms with van der Waals surface area (Å²) in [6, 6.07) is 25.5. The Hall–Kier alpha value is -2.23. The number of rotatable bonds is 5. The van der Waals surface area contributed by atoms with Crippen molar-refractivity contribution in [3.05, 3.63) is 83.9 Å². The summed E-state index contributed by atoms with van der Waals surface area (Å²) in [6.07, 6.45) is 0. The van der Waals surface area contributed by atoms with Gasteiger partial charge in [-0.3, -0.25) is 0 Å². The Morgan fingerprint density at radius 2 is 1.50 bits per heavy atom. The van der Waals surface area contributed by atoms with E-state index in [0.717, 1.165) is 11.4 Å². The van der Waals surface area contributed by atoms with Crippen molar-refractivity contribution in [3.63, 3.8) is 0 Å². The second-order valence-corrected chi connectivity index (χ2v) is 6.91. The van der Waals surface area contributed by atoms with Crippen molar-refractivity contribution in [2.24, 2.45) is 5.84 Å². The van der Waals surface area contributed by atoms with Crippen LogP contribution < -0.4 is 10.9 Å². The second kappa shape index (κ2) is 7.56. The van der Waals surface area contributed by atoms with E-state index in [-0.39, 0.29) is 0 Å². The Bertz CT molecular complexity index is 796. The zero-order valence-corrected chi connectivity index (χ0v) is 14.9. The third kappa shape index (κ3) is 3.81. The molecule has 0 aromatic heterocycles. The molecule has 0 aliphatic carbocycles. The highest BCUT2D eigenvalue weighted by Crippen LogP contribution is 2.31. The third-order valence-corrected chi connectivity index (χ3v) is 5.15. The number of benzene rings is 3. The molecule has 2 nitrogen and oxygen atoms in total. The smallest absolute Gasteiger partial charge is 0.0557 e. The zero-order chi connectivity index (χ0) is 16.9. The maximum Gasteiger partial charge on any atom is 0.0557 e. The summed E-state index contributed by atoms with van der Waals surface area (Å²) in [6.45, 7) is 2.14. The van der Waals surface area contributed by atoms with Gasteiger partial charge in [0.2, 0.25) is 0 Å². The fraction of sp³-hybridized carbons (Fsp3) is 0.143. The lowest BCUT2D eigenvalue weighted by Crippen LogP contribution is -2.26. The third-order valence-electron chi connectivity index (χ3n) is 4.11. The first kappa shape index (κ1) is 16.6. The molecule has 0 aliphatic rings. The molecule has 0 radical (unpaired) electrons. The van der Waals surface area contributed by atoms with Gasteiger partial charge in [-0.25, -0.2) is 5.84 Å². The lowest BCUT2D eigenvalue weighted by molar-refractivity contribution is 1.00. The Morgan fingerprint density at radius 3 is 2.17 bits per heavy atom. The Balaban J connectivity index is 1.74. The fourth-order valence-corrected chi connectivity index (χ4v) is 3.75. The van der Waals surface area contributed by atoms with E-state index in [9.17, 15) is 0 Å². The quantitative estimate of drug-likeness (QED) is 0.392. The van der Waals surface area contributed by atoms with Crippen molar-refractivity contribution in [1.82, 2.24) is 0 Å². The Kier molecular flexibility index (Phi) is 5.24. The summed E-state index contributed by atoms with van der Waals surface area (Å²) < 4.78 is 0. The highest BCUT2D eigenvalue weighted by Gasteiger charge is 2.08. The number of hydrogen-bond donors (Lipinski definition) is 1. The summed E-state index contributed by atoms with van der Waals surface area (Å²) in [5.74, 6) is 6.87. The summed E-state index contributed by atoms with van der Waals surface area (Å²) in [4.78, 5) is 1.27. The molecular weight excluding hydrogens is 312 g/mol. The molecular formula is C21H22N2S. The molecule has 0 bridgehead atoms. The molecule has 122 valence electrons. The van der Waals surface area contributed by atoms with Crippen LogP contribution in [-0.4, -0.2) is 7.05 Å². The average molecular weight is 334 g/mol. The van der Waals surface area contributed by atoms with Gasteiger partial charge in [0.1, 0.15) is 0 Å². The van der Waals surface area contributed by atoms with Gasteiger partial charge < -0.3 is 5.01 Å². The van der Waals surface area contributed by atoms with Crippen LogP contribution in [-0.2, 0) is 5.75 Å². The molecule has 0 saturated heterocycles. The number of aryl methyl sites for hydroxylation is 1. The van der Waals surface area contributed by atoms with Crippen LogP contribution in [0.1, 0.15) is 11.1 Å². The van der Waals surface area contributed by atoms with Crippen molar-refractivity contribution in [3.8, 4) is 11.1 Å². The minimum absolute atomic E-state index is 0.911. The van der Waals surface area contributed by atoms with Gasteiger partial charge in [0.15, 0.2) is 0 Å². The summed E-state index contributed by atoms with van der Waals surface area (Å²) in [5.41, 5.74) is 6.15. The van der Waals surface area contributed by atoms with Crippen LogP contribution in [0.5, 0.6) is 0 Å². The van der Waals surface area contributed by atoms with Crippen LogP contribution in [0, 0.1) is 6.92 Å². The number of hydrazine groups is 1. The van der Waals surface area contributed by atoms with Crippen LogP contribution in [0.4, 0.5) is 5.69 Å². The Labute approximate surface area is 148 Å². The van der Waals surface area contributed by atoms with E-state index in [1.165, 1.54) is 27.1 Å². The van der Waals surface area contributed by atoms with E-state index in [4.69, 9.17) is 5.84 Å². The molecule has 0 aliphatic heterocycles. The molecule has 3 aromatic carbocycles. The number of hydrogen-bond acceptors (Lipinski definition) is 3. The van der Waals surface area contributed by atoms with Gasteiger partial charge in [0, 0.05) is 17.7 Å². The van der Waals surface area contributed by atoms with Crippen molar-refractivity contribution in [2.75, 3.05) is 12.1 Å². The minimum atomic E-state index is 0.911. The number of thioether (sulfide) groups is 1. The Morgan fingerprint density at radius 1 is 0.833 bits per heavy atom. The molecule has 0 atom stereocenters. The second-order valence-electron chi connectivity index (χ2n) is 5.86. The molecule has 0 spiro atoms. The number of nitrogens with two attached hydrogens (primary N) is 1. The molecule has 0 heterocycles. The van der Waals surface area contributed by atoms with Crippen molar-refractivity contribution in [2.45, 2.75) is 17.6 Å². The first-order chi connectivity index (χ1) is 11.6. The molecule has 3 rings (SSSR count). The maximum absolute atomic E-state index is 5.96. The van der Waals surface area contributed by atoms with Gasteiger partial charge in [-0.1, -0.05) is 54.6 Å². The van der Waals surface area contributed by atoms with E-state index >= 15 is 0 Å². The summed E-state index contributed by atoms with van der Waals surface area (Å²) in [5, 5.41) is 1.70. The molecule has 24 heavy (non-hydrogen) atoms. The van der Waals surface area contributed by atoms with Gasteiger partial charge >= 0.3 is 0 Å². The predicted molar refractivity (Wildman–Crippen MR) is 105 cm³/mol. The number of nitrogens with zero attached hydrogens (tertiary/aromatic N) is 1. The van der Waals surface area contributed by atoms with Gasteiger partial charge in [-0.2, -0.15) is 0 Å². The fourth-order valence-electron chi connectivity index (χ4n) is 2.73. The van der Waals surface area contributed by atoms with Crippen LogP contribution in [0.2, 0.25) is 0 Å². The van der Waals surface area contributed by atoms with E-state index in [0.29, 0.717) is 0 Å². The summed E-state index contributed by atoms with van der Waals surface area (Å²) in [7, 11) is 1.89. The van der Waals surface area contributed by atoms with Crippen molar-refractivity contribution < 1.29 is 0 Å². The average Bonchev–Trinajstić information content (AvgIpc) is 2.61. The highest BCUT2D eigenvalue weighted by molar-refractivity contribution is 7.98. The van der Waals surface area contributed by atoms with Crippen LogP contribution in [0.25, 0.3) is 11.1 Å². The minimum Gasteiger partial charge on any atom is -0.314 e. The standard InChI is InChI=1S/C21H22N2S/c1-16-7-6-10-21(23(2)22)20(16)15-24-19-13-11-18(12-14-19)17-8-4-3-5-9-17/h3-14H,15,22H2,1-2H3. The molecule has 0 unspecified atom stereocenters. The topological polar surface area (TPSA) is 29.3 Å². The maximum atomic E-state index is 5.96. The zero-order valence-electron chi connectivity index (χ0n) is 14.1. The van der Waals surface area contributed by atoms with Crippen molar-refractivity contribution >= 4 is 17.4 Å². The van der Waals surface area contributed by atoms with Gasteiger partial charge in [-0.15, -0.1) is 11.8 Å². The lowest BCUT2D eigenvalue weighted by Gasteiger charge is -2.18. The predicted octanol–water partition coefficient (Wildman–Crippen LogP) is 5.26. The molecule has 2 N–H and O–H groups in total. The first-order valence-electron chi connectivity index (χ1n) is 8.00. The molecule has 0 fully saturated rings. The lowest BCUT2D eigenvalue weighted by atomic mass is 10.1. The molecule has 3 heteroatoms. The van der Waals surface area contributed by atoms with Gasteiger partial charge in [0.05, 0.1) is 5.69 Å². The number of anilines is 1. The SMILES string of the molecule is Cc1cccc(N(C)N)c1CSc1ccc(-c2ccccc2)cc1. The van der Waals surface area contributed by atoms with Gasteiger partial charge in [-0.05, 0) is 47.4 Å². The monoisotopic (exact) mass is 334 g/mol. The normalized spacial score (nSPS) is 10.6. The van der Waals surface area contributed by atoms with Gasteiger partial charge in [0.25, 0.3) is 0 Å². The van der Waals surface area contributed by atoms with Crippen LogP contribution >= 0.6 is 11.8 Å². The van der Waals surface area contributed by atoms with E-state index in [1.54, 1.807) is 5.01 Å². The van der Waals surface area contributed by atoms with E-state index < -0.39 is 0 Å².